The summed E-state index contributed by atoms with van der Waals surface area (Å²) in [4.78, 5) is 26.8. The summed E-state index contributed by atoms with van der Waals surface area (Å²) in [7, 11) is 0. The molecule has 0 radical (unpaired) electrons. The molecule has 2 rings (SSSR count). The summed E-state index contributed by atoms with van der Waals surface area (Å²) >= 11 is 0. The highest BCUT2D eigenvalue weighted by molar-refractivity contribution is 5.78. The van der Waals surface area contributed by atoms with Gasteiger partial charge >= 0.3 is 5.97 Å². The number of carboxylic acids is 1. The van der Waals surface area contributed by atoms with Crippen molar-refractivity contribution in [1.82, 2.24) is 9.55 Å². The van der Waals surface area contributed by atoms with Gasteiger partial charge in [0.25, 0.3) is 5.56 Å². The van der Waals surface area contributed by atoms with E-state index in [1.54, 1.807) is 24.4 Å². The monoisotopic (exact) mass is 218 g/mol. The molecule has 2 aromatic heterocycles. The van der Waals surface area contributed by atoms with Gasteiger partial charge in [-0.05, 0) is 25.1 Å². The Morgan fingerprint density at radius 2 is 2.25 bits per heavy atom. The van der Waals surface area contributed by atoms with E-state index in [1.807, 2.05) is 0 Å². The molecule has 0 aromatic carbocycles. The summed E-state index contributed by atoms with van der Waals surface area (Å²) in [6, 6.07) is 4.04. The molecular formula is C11H10N2O3. The molecule has 0 amide bonds. The largest absolute Gasteiger partial charge is 0.480 e. The second-order valence-corrected chi connectivity index (χ2v) is 3.48. The quantitative estimate of drug-likeness (QED) is 0.817. The Morgan fingerprint density at radius 3 is 2.94 bits per heavy atom. The zero-order chi connectivity index (χ0) is 11.7. The van der Waals surface area contributed by atoms with Crippen molar-refractivity contribution in [2.75, 3.05) is 0 Å². The third-order valence-electron chi connectivity index (χ3n) is 2.47. The summed E-state index contributed by atoms with van der Waals surface area (Å²) in [5.41, 5.74) is 0.238. The number of aliphatic carboxylic acids is 1. The molecule has 0 unspecified atom stereocenters. The Balaban J connectivity index is 2.70. The number of hydrogen-bond donors (Lipinski definition) is 1. The molecule has 1 atom stereocenters. The van der Waals surface area contributed by atoms with Gasteiger partial charge in [0.15, 0.2) is 0 Å². The van der Waals surface area contributed by atoms with Crippen LogP contribution in [0.2, 0.25) is 0 Å². The molecule has 0 aliphatic heterocycles. The van der Waals surface area contributed by atoms with Crippen molar-refractivity contribution >= 4 is 16.9 Å². The molecule has 16 heavy (non-hydrogen) atoms. The van der Waals surface area contributed by atoms with E-state index < -0.39 is 12.0 Å². The van der Waals surface area contributed by atoms with Gasteiger partial charge in [0, 0.05) is 12.4 Å². The average Bonchev–Trinajstić information content (AvgIpc) is 2.29. The van der Waals surface area contributed by atoms with Crippen LogP contribution in [0.4, 0.5) is 0 Å². The topological polar surface area (TPSA) is 72.2 Å². The molecule has 0 bridgehead atoms. The minimum absolute atomic E-state index is 0.333. The van der Waals surface area contributed by atoms with E-state index in [2.05, 4.69) is 4.98 Å². The van der Waals surface area contributed by atoms with Gasteiger partial charge in [-0.3, -0.25) is 9.78 Å². The van der Waals surface area contributed by atoms with Crippen LogP contribution < -0.4 is 5.56 Å². The summed E-state index contributed by atoms with van der Waals surface area (Å²) < 4.78 is 1.19. The van der Waals surface area contributed by atoms with Crippen LogP contribution in [-0.2, 0) is 4.79 Å². The molecule has 2 aromatic rings. The number of aromatic nitrogens is 2. The second kappa shape index (κ2) is 3.77. The van der Waals surface area contributed by atoms with Gasteiger partial charge in [-0.15, -0.1) is 0 Å². The molecule has 5 heteroatoms. The normalized spacial score (nSPS) is 12.6. The number of carbonyl (C=O) groups is 1. The summed E-state index contributed by atoms with van der Waals surface area (Å²) in [5, 5.41) is 9.29. The van der Waals surface area contributed by atoms with Crippen molar-refractivity contribution in [1.29, 1.82) is 0 Å². The van der Waals surface area contributed by atoms with Crippen molar-refractivity contribution in [2.45, 2.75) is 13.0 Å². The zero-order valence-corrected chi connectivity index (χ0v) is 8.62. The van der Waals surface area contributed by atoms with Gasteiger partial charge in [0.05, 0.1) is 10.9 Å². The molecule has 0 spiro atoms. The first kappa shape index (κ1) is 10.4. The lowest BCUT2D eigenvalue weighted by Crippen LogP contribution is -2.27. The third kappa shape index (κ3) is 1.56. The lowest BCUT2D eigenvalue weighted by atomic mass is 10.2. The van der Waals surface area contributed by atoms with Gasteiger partial charge in [0.2, 0.25) is 0 Å². The van der Waals surface area contributed by atoms with Crippen LogP contribution in [0.1, 0.15) is 13.0 Å². The highest BCUT2D eigenvalue weighted by Gasteiger charge is 2.15. The number of nitrogens with zero attached hydrogens (tertiary/aromatic N) is 2. The molecule has 0 fully saturated rings. The van der Waals surface area contributed by atoms with Crippen LogP contribution in [-0.4, -0.2) is 20.6 Å². The van der Waals surface area contributed by atoms with Crippen LogP contribution in [0.5, 0.6) is 0 Å². The Labute approximate surface area is 91.0 Å². The highest BCUT2D eigenvalue weighted by atomic mass is 16.4. The van der Waals surface area contributed by atoms with Gasteiger partial charge in [0.1, 0.15) is 6.04 Å². The predicted octanol–water partition coefficient (Wildman–Crippen LogP) is 1.04. The zero-order valence-electron chi connectivity index (χ0n) is 8.62. The van der Waals surface area contributed by atoms with Gasteiger partial charge in [-0.25, -0.2) is 4.79 Å². The molecular weight excluding hydrogens is 208 g/mol. The number of rotatable bonds is 2. The van der Waals surface area contributed by atoms with E-state index in [9.17, 15) is 9.59 Å². The van der Waals surface area contributed by atoms with E-state index in [1.165, 1.54) is 17.7 Å². The Bertz CT molecular complexity index is 603. The molecule has 0 saturated carbocycles. The minimum atomic E-state index is -1.04. The molecule has 82 valence electrons. The lowest BCUT2D eigenvalue weighted by molar-refractivity contribution is -0.140. The number of pyridine rings is 2. The first-order valence-corrected chi connectivity index (χ1v) is 4.80. The predicted molar refractivity (Wildman–Crippen MR) is 58.3 cm³/mol. The summed E-state index contributed by atoms with van der Waals surface area (Å²) in [5.74, 6) is -1.04. The molecule has 0 saturated heterocycles. The fourth-order valence-corrected chi connectivity index (χ4v) is 1.51. The fourth-order valence-electron chi connectivity index (χ4n) is 1.51. The third-order valence-corrected chi connectivity index (χ3v) is 2.47. The smallest absolute Gasteiger partial charge is 0.326 e. The maximum Gasteiger partial charge on any atom is 0.326 e. The van der Waals surface area contributed by atoms with Gasteiger partial charge < -0.3 is 9.67 Å². The maximum absolute atomic E-state index is 11.9. The molecule has 5 nitrogen and oxygen atoms in total. The molecule has 2 heterocycles. The lowest BCUT2D eigenvalue weighted by Gasteiger charge is -2.10. The van der Waals surface area contributed by atoms with Crippen LogP contribution in [0, 0.1) is 0 Å². The second-order valence-electron chi connectivity index (χ2n) is 3.48. The first-order valence-electron chi connectivity index (χ1n) is 4.80. The van der Waals surface area contributed by atoms with E-state index in [0.717, 1.165) is 0 Å². The molecule has 0 aliphatic rings. The molecule has 1 N–H and O–H groups in total. The molecule has 0 aliphatic carbocycles. The Kier molecular flexibility index (Phi) is 2.44. The van der Waals surface area contributed by atoms with E-state index in [0.29, 0.717) is 10.9 Å². The van der Waals surface area contributed by atoms with Crippen LogP contribution in [0.25, 0.3) is 10.9 Å². The van der Waals surface area contributed by atoms with Crippen LogP contribution in [0.3, 0.4) is 0 Å². The van der Waals surface area contributed by atoms with Gasteiger partial charge in [-0.2, -0.15) is 0 Å². The van der Waals surface area contributed by atoms with Crippen LogP contribution in [0.15, 0.2) is 35.4 Å². The van der Waals surface area contributed by atoms with E-state index in [-0.39, 0.29) is 5.56 Å². The Hall–Kier alpha value is -2.17. The summed E-state index contributed by atoms with van der Waals surface area (Å²) in [6.45, 7) is 1.46. The van der Waals surface area contributed by atoms with Gasteiger partial charge in [-0.1, -0.05) is 0 Å². The fraction of sp³-hybridized carbons (Fsp3) is 0.182. The van der Waals surface area contributed by atoms with Crippen molar-refractivity contribution in [2.24, 2.45) is 0 Å². The number of carboxylic acid groups (broad SMARTS) is 1. The van der Waals surface area contributed by atoms with Crippen molar-refractivity contribution in [3.05, 3.63) is 40.9 Å². The highest BCUT2D eigenvalue weighted by Crippen LogP contribution is 2.08. The SMILES string of the molecule is C[C@@H](C(=O)O)n1ccc2ncccc2c1=O. The Morgan fingerprint density at radius 1 is 1.50 bits per heavy atom. The van der Waals surface area contributed by atoms with Crippen molar-refractivity contribution < 1.29 is 9.90 Å². The van der Waals surface area contributed by atoms with Crippen molar-refractivity contribution in [3.8, 4) is 0 Å². The number of hydrogen-bond acceptors (Lipinski definition) is 3. The summed E-state index contributed by atoms with van der Waals surface area (Å²) in [6.07, 6.45) is 3.04. The van der Waals surface area contributed by atoms with E-state index >= 15 is 0 Å². The van der Waals surface area contributed by atoms with E-state index in [4.69, 9.17) is 5.11 Å². The average molecular weight is 218 g/mol. The number of fused-ring (bicyclic) bond motifs is 1. The standard InChI is InChI=1S/C11H10N2O3/c1-7(11(15)16)13-6-4-9-8(10(13)14)3-2-5-12-9/h2-7H,1H3,(H,15,16)/t7-/m0/s1. The van der Waals surface area contributed by atoms with Crippen LogP contribution >= 0.6 is 0 Å². The van der Waals surface area contributed by atoms with Crippen molar-refractivity contribution in [3.63, 3.8) is 0 Å². The maximum atomic E-state index is 11.9. The minimum Gasteiger partial charge on any atom is -0.480 e. The first-order chi connectivity index (χ1) is 7.61.